The fourth-order valence-electron chi connectivity index (χ4n) is 4.10. The van der Waals surface area contributed by atoms with Gasteiger partial charge in [-0.05, 0) is 67.8 Å². The lowest BCUT2D eigenvalue weighted by molar-refractivity contribution is -0.140. The second kappa shape index (κ2) is 13.1. The molecule has 0 aliphatic rings. The van der Waals surface area contributed by atoms with Gasteiger partial charge in [-0.3, -0.25) is 13.9 Å². The van der Waals surface area contributed by atoms with Gasteiger partial charge in [0.25, 0.3) is 0 Å². The third-order valence-electron chi connectivity index (χ3n) is 6.12. The normalized spacial score (nSPS) is 11.9. The number of nitrogens with zero attached hydrogens (tertiary/aromatic N) is 2. The molecule has 0 heterocycles. The number of hydrogen-bond acceptors (Lipinski definition) is 5. The highest BCUT2D eigenvalue weighted by Gasteiger charge is 2.31. The van der Waals surface area contributed by atoms with Crippen LogP contribution in [0.3, 0.4) is 0 Å². The molecule has 3 aromatic rings. The third kappa shape index (κ3) is 7.58. The van der Waals surface area contributed by atoms with E-state index in [9.17, 15) is 18.0 Å². The van der Waals surface area contributed by atoms with Crippen LogP contribution in [0.15, 0.2) is 78.9 Å². The van der Waals surface area contributed by atoms with E-state index in [1.165, 1.54) is 4.90 Å². The summed E-state index contributed by atoms with van der Waals surface area (Å²) in [5, 5.41) is 2.80. The summed E-state index contributed by atoms with van der Waals surface area (Å²) in [4.78, 5) is 28.1. The Balaban J connectivity index is 1.89. The average molecular weight is 538 g/mol. The van der Waals surface area contributed by atoms with E-state index in [0.29, 0.717) is 30.2 Å². The molecule has 202 valence electrons. The first kappa shape index (κ1) is 28.7. The van der Waals surface area contributed by atoms with Gasteiger partial charge < -0.3 is 15.0 Å². The van der Waals surface area contributed by atoms with Crippen LogP contribution in [0.1, 0.15) is 31.4 Å². The SMILES string of the molecule is CCNC(=O)C(CC)N(Cc1ccccc1C)C(=O)CN(c1ccc(Oc2ccccc2)cc1)S(C)(=O)=O. The molecule has 8 nitrogen and oxygen atoms in total. The number of likely N-dealkylation sites (N-methyl/N-ethyl adjacent to an activating group) is 1. The van der Waals surface area contributed by atoms with Crippen molar-refractivity contribution in [2.75, 3.05) is 23.7 Å². The highest BCUT2D eigenvalue weighted by atomic mass is 32.2. The van der Waals surface area contributed by atoms with E-state index < -0.39 is 28.5 Å². The first-order chi connectivity index (χ1) is 18.1. The zero-order chi connectivity index (χ0) is 27.7. The lowest BCUT2D eigenvalue weighted by Gasteiger charge is -2.33. The Morgan fingerprint density at radius 1 is 0.895 bits per heavy atom. The minimum Gasteiger partial charge on any atom is -0.457 e. The standard InChI is InChI=1S/C29H35N3O5S/c1-5-27(29(34)30-6-2)31(20-23-13-11-10-12-22(23)3)28(33)21-32(38(4,35)36)24-16-18-26(19-17-24)37-25-14-8-7-9-15-25/h7-19,27H,5-6,20-21H2,1-4H3,(H,30,34). The van der Waals surface area contributed by atoms with Crippen LogP contribution in [0, 0.1) is 6.92 Å². The minimum atomic E-state index is -3.82. The minimum absolute atomic E-state index is 0.183. The fourth-order valence-corrected chi connectivity index (χ4v) is 4.95. The lowest BCUT2D eigenvalue weighted by atomic mass is 10.1. The van der Waals surface area contributed by atoms with E-state index in [1.54, 1.807) is 24.3 Å². The number of para-hydroxylation sites is 1. The number of benzene rings is 3. The summed E-state index contributed by atoms with van der Waals surface area (Å²) in [5.41, 5.74) is 2.19. The molecule has 0 fully saturated rings. The Kier molecular flexibility index (Phi) is 9.90. The van der Waals surface area contributed by atoms with E-state index in [0.717, 1.165) is 21.7 Å². The van der Waals surface area contributed by atoms with Gasteiger partial charge in [0.1, 0.15) is 24.1 Å². The fraction of sp³-hybridized carbons (Fsp3) is 0.310. The highest BCUT2D eigenvalue weighted by Crippen LogP contribution is 2.26. The molecule has 3 rings (SSSR count). The molecule has 9 heteroatoms. The van der Waals surface area contributed by atoms with Crippen molar-refractivity contribution in [3.63, 3.8) is 0 Å². The maximum Gasteiger partial charge on any atom is 0.244 e. The number of rotatable bonds is 12. The van der Waals surface area contributed by atoms with Crippen molar-refractivity contribution in [3.05, 3.63) is 90.0 Å². The van der Waals surface area contributed by atoms with Crippen molar-refractivity contribution < 1.29 is 22.7 Å². The summed E-state index contributed by atoms with van der Waals surface area (Å²) < 4.78 is 32.5. The molecule has 0 bridgehead atoms. The lowest BCUT2D eigenvalue weighted by Crippen LogP contribution is -2.52. The predicted molar refractivity (Wildman–Crippen MR) is 150 cm³/mol. The number of sulfonamides is 1. The molecule has 1 N–H and O–H groups in total. The maximum atomic E-state index is 13.7. The van der Waals surface area contributed by atoms with Gasteiger partial charge in [-0.15, -0.1) is 0 Å². The molecule has 3 aromatic carbocycles. The second-order valence-corrected chi connectivity index (χ2v) is 10.9. The van der Waals surface area contributed by atoms with Crippen molar-refractivity contribution in [2.24, 2.45) is 0 Å². The number of carbonyl (C=O) groups is 2. The van der Waals surface area contributed by atoms with Gasteiger partial charge in [-0.1, -0.05) is 49.4 Å². The van der Waals surface area contributed by atoms with Crippen molar-refractivity contribution in [1.82, 2.24) is 10.2 Å². The van der Waals surface area contributed by atoms with Gasteiger partial charge in [0.15, 0.2) is 0 Å². The Bertz CT molecular complexity index is 1330. The summed E-state index contributed by atoms with van der Waals surface area (Å²) in [5.74, 6) is 0.438. The van der Waals surface area contributed by atoms with Crippen LogP contribution in [0.5, 0.6) is 11.5 Å². The maximum absolute atomic E-state index is 13.7. The topological polar surface area (TPSA) is 96.0 Å². The molecule has 0 aliphatic heterocycles. The van der Waals surface area contributed by atoms with Gasteiger partial charge in [0.05, 0.1) is 11.9 Å². The van der Waals surface area contributed by atoms with E-state index in [-0.39, 0.29) is 12.5 Å². The molecule has 0 spiro atoms. The third-order valence-corrected chi connectivity index (χ3v) is 7.26. The first-order valence-electron chi connectivity index (χ1n) is 12.6. The van der Waals surface area contributed by atoms with Crippen molar-refractivity contribution in [3.8, 4) is 11.5 Å². The smallest absolute Gasteiger partial charge is 0.244 e. The summed E-state index contributed by atoms with van der Waals surface area (Å²) in [7, 11) is -3.82. The van der Waals surface area contributed by atoms with Crippen molar-refractivity contribution in [2.45, 2.75) is 39.8 Å². The Labute approximate surface area is 225 Å². The number of anilines is 1. The van der Waals surface area contributed by atoms with Crippen LogP contribution in [0.4, 0.5) is 5.69 Å². The van der Waals surface area contributed by atoms with E-state index in [2.05, 4.69) is 5.32 Å². The van der Waals surface area contributed by atoms with Gasteiger partial charge in [-0.2, -0.15) is 0 Å². The Morgan fingerprint density at radius 2 is 1.50 bits per heavy atom. The van der Waals surface area contributed by atoms with Crippen LogP contribution >= 0.6 is 0 Å². The summed E-state index contributed by atoms with van der Waals surface area (Å²) >= 11 is 0. The number of carbonyl (C=O) groups excluding carboxylic acids is 2. The molecule has 1 atom stereocenters. The molecule has 0 aromatic heterocycles. The predicted octanol–water partition coefficient (Wildman–Crippen LogP) is 4.50. The quantitative estimate of drug-likeness (QED) is 0.367. The highest BCUT2D eigenvalue weighted by molar-refractivity contribution is 7.92. The van der Waals surface area contributed by atoms with Crippen LogP contribution < -0.4 is 14.4 Å². The summed E-state index contributed by atoms with van der Waals surface area (Å²) in [6.45, 7) is 5.75. The van der Waals surface area contributed by atoms with Crippen molar-refractivity contribution in [1.29, 1.82) is 0 Å². The number of amides is 2. The molecule has 1 unspecified atom stereocenters. The van der Waals surface area contributed by atoms with E-state index in [1.807, 2.05) is 75.4 Å². The number of nitrogens with one attached hydrogen (secondary N) is 1. The van der Waals surface area contributed by atoms with Gasteiger partial charge >= 0.3 is 0 Å². The zero-order valence-electron chi connectivity index (χ0n) is 22.3. The van der Waals surface area contributed by atoms with Crippen molar-refractivity contribution >= 4 is 27.5 Å². The molecule has 0 aliphatic carbocycles. The Hall–Kier alpha value is -3.85. The zero-order valence-corrected chi connectivity index (χ0v) is 23.1. The number of hydrogen-bond donors (Lipinski definition) is 1. The monoisotopic (exact) mass is 537 g/mol. The van der Waals surface area contributed by atoms with Crippen LogP contribution in [-0.4, -0.2) is 50.5 Å². The summed E-state index contributed by atoms with van der Waals surface area (Å²) in [6.07, 6.45) is 1.44. The molecular weight excluding hydrogens is 502 g/mol. The first-order valence-corrected chi connectivity index (χ1v) is 14.4. The second-order valence-electron chi connectivity index (χ2n) is 8.95. The van der Waals surface area contributed by atoms with E-state index in [4.69, 9.17) is 4.74 Å². The van der Waals surface area contributed by atoms with Crippen LogP contribution in [0.25, 0.3) is 0 Å². The average Bonchev–Trinajstić information content (AvgIpc) is 2.89. The molecule has 0 radical (unpaired) electrons. The number of ether oxygens (including phenoxy) is 1. The molecule has 2 amide bonds. The number of aryl methyl sites for hydroxylation is 1. The van der Waals surface area contributed by atoms with Gasteiger partial charge in [-0.25, -0.2) is 8.42 Å². The molecule has 38 heavy (non-hydrogen) atoms. The summed E-state index contributed by atoms with van der Waals surface area (Å²) in [6, 6.07) is 22.6. The van der Waals surface area contributed by atoms with Crippen LogP contribution in [-0.2, 0) is 26.2 Å². The van der Waals surface area contributed by atoms with Gasteiger partial charge in [0.2, 0.25) is 21.8 Å². The Morgan fingerprint density at radius 3 is 2.08 bits per heavy atom. The largest absolute Gasteiger partial charge is 0.457 e. The van der Waals surface area contributed by atoms with Crippen LogP contribution in [0.2, 0.25) is 0 Å². The molecular formula is C29H35N3O5S. The molecule has 0 saturated carbocycles. The van der Waals surface area contributed by atoms with E-state index >= 15 is 0 Å². The van der Waals surface area contributed by atoms with Gasteiger partial charge in [0, 0.05) is 13.1 Å². The molecule has 0 saturated heterocycles.